The summed E-state index contributed by atoms with van der Waals surface area (Å²) in [4.78, 5) is 4.80. The van der Waals surface area contributed by atoms with Crippen molar-refractivity contribution in [2.24, 2.45) is 0 Å². The highest BCUT2D eigenvalue weighted by Crippen LogP contribution is 2.26. The van der Waals surface area contributed by atoms with Gasteiger partial charge in [-0.25, -0.2) is 0 Å². The van der Waals surface area contributed by atoms with E-state index in [4.69, 9.17) is 11.6 Å². The number of nitrogens with zero attached hydrogens (tertiary/aromatic N) is 2. The molecule has 0 saturated carbocycles. The van der Waals surface area contributed by atoms with E-state index in [1.54, 1.807) is 0 Å². The molecule has 0 bridgehead atoms. The van der Waals surface area contributed by atoms with Gasteiger partial charge in [0.05, 0.1) is 0 Å². The maximum absolute atomic E-state index is 6.15. The molecule has 1 aliphatic rings. The van der Waals surface area contributed by atoms with Crippen molar-refractivity contribution in [3.63, 3.8) is 0 Å². The molecule has 1 aliphatic heterocycles. The summed E-state index contributed by atoms with van der Waals surface area (Å²) in [6, 6.07) is 6.81. The Morgan fingerprint density at radius 3 is 2.89 bits per heavy atom. The van der Waals surface area contributed by atoms with Crippen molar-refractivity contribution in [2.75, 3.05) is 39.1 Å². The second-order valence-corrected chi connectivity index (χ2v) is 5.90. The number of likely N-dealkylation sites (N-methyl/N-ethyl adjacent to an activating group) is 2. The van der Waals surface area contributed by atoms with E-state index in [1.807, 2.05) is 13.1 Å². The second-order valence-electron chi connectivity index (χ2n) is 5.46. The van der Waals surface area contributed by atoms with Gasteiger partial charge < -0.3 is 15.1 Å². The lowest BCUT2D eigenvalue weighted by atomic mass is 10.1. The zero-order chi connectivity index (χ0) is 13.8. The molecule has 0 aromatic heterocycles. The Morgan fingerprint density at radius 2 is 2.26 bits per heavy atom. The van der Waals surface area contributed by atoms with Crippen LogP contribution in [0.3, 0.4) is 0 Å². The van der Waals surface area contributed by atoms with E-state index in [9.17, 15) is 0 Å². The fourth-order valence-corrected chi connectivity index (χ4v) is 3.02. The molecule has 1 saturated heterocycles. The zero-order valence-corrected chi connectivity index (χ0v) is 12.9. The molecule has 0 radical (unpaired) electrons. The van der Waals surface area contributed by atoms with Crippen LogP contribution in [0.2, 0.25) is 5.02 Å². The summed E-state index contributed by atoms with van der Waals surface area (Å²) in [6.45, 7) is 3.16. The predicted octanol–water partition coefficient (Wildman–Crippen LogP) is 2.59. The van der Waals surface area contributed by atoms with Crippen LogP contribution in [0.25, 0.3) is 0 Å². The van der Waals surface area contributed by atoms with Crippen molar-refractivity contribution in [3.05, 3.63) is 28.8 Å². The Kier molecular flexibility index (Phi) is 5.08. The van der Waals surface area contributed by atoms with E-state index in [-0.39, 0.29) is 0 Å². The van der Waals surface area contributed by atoms with Crippen LogP contribution < -0.4 is 10.2 Å². The second kappa shape index (κ2) is 6.60. The summed E-state index contributed by atoms with van der Waals surface area (Å²) in [5.41, 5.74) is 2.54. The van der Waals surface area contributed by atoms with Crippen LogP contribution in [-0.2, 0) is 6.54 Å². The highest BCUT2D eigenvalue weighted by molar-refractivity contribution is 6.30. The van der Waals surface area contributed by atoms with Gasteiger partial charge in [-0.3, -0.25) is 0 Å². The summed E-state index contributed by atoms with van der Waals surface area (Å²) < 4.78 is 0. The Labute approximate surface area is 121 Å². The fourth-order valence-electron chi connectivity index (χ4n) is 2.86. The molecular formula is C15H24ClN3. The lowest BCUT2D eigenvalue weighted by molar-refractivity contribution is 0.314. The van der Waals surface area contributed by atoms with Crippen molar-refractivity contribution in [2.45, 2.75) is 25.4 Å². The van der Waals surface area contributed by atoms with E-state index in [0.29, 0.717) is 6.04 Å². The van der Waals surface area contributed by atoms with Crippen molar-refractivity contribution < 1.29 is 0 Å². The van der Waals surface area contributed by atoms with Crippen molar-refractivity contribution in [1.29, 1.82) is 0 Å². The van der Waals surface area contributed by atoms with E-state index in [0.717, 1.165) is 18.1 Å². The molecule has 1 atom stereocenters. The number of hydrogen-bond donors (Lipinski definition) is 1. The maximum atomic E-state index is 6.15. The van der Waals surface area contributed by atoms with Crippen LogP contribution in [0.5, 0.6) is 0 Å². The van der Waals surface area contributed by atoms with E-state index in [1.165, 1.54) is 30.6 Å². The minimum Gasteiger partial charge on any atom is -0.373 e. The monoisotopic (exact) mass is 281 g/mol. The first kappa shape index (κ1) is 14.6. The molecule has 1 fully saturated rings. The smallest absolute Gasteiger partial charge is 0.0426 e. The summed E-state index contributed by atoms with van der Waals surface area (Å²) in [5, 5.41) is 4.03. The molecule has 19 heavy (non-hydrogen) atoms. The Balaban J connectivity index is 2.12. The molecular weight excluding hydrogens is 258 g/mol. The quantitative estimate of drug-likeness (QED) is 0.895. The minimum absolute atomic E-state index is 0.659. The summed E-state index contributed by atoms with van der Waals surface area (Å²) >= 11 is 6.15. The normalized spacial score (nSPS) is 19.9. The van der Waals surface area contributed by atoms with Gasteiger partial charge in [-0.2, -0.15) is 0 Å². The van der Waals surface area contributed by atoms with Gasteiger partial charge in [0.15, 0.2) is 0 Å². The van der Waals surface area contributed by atoms with E-state index >= 15 is 0 Å². The number of likely N-dealkylation sites (tertiary alicyclic amines) is 1. The van der Waals surface area contributed by atoms with Gasteiger partial charge in [0.2, 0.25) is 0 Å². The Morgan fingerprint density at radius 1 is 1.47 bits per heavy atom. The first-order valence-electron chi connectivity index (χ1n) is 6.96. The van der Waals surface area contributed by atoms with Gasteiger partial charge in [-0.1, -0.05) is 17.7 Å². The number of benzene rings is 1. The highest BCUT2D eigenvalue weighted by Gasteiger charge is 2.22. The predicted molar refractivity (Wildman–Crippen MR) is 83.1 cm³/mol. The molecule has 2 rings (SSSR count). The summed E-state index contributed by atoms with van der Waals surface area (Å²) in [7, 11) is 6.36. The average Bonchev–Trinajstić information content (AvgIpc) is 2.77. The van der Waals surface area contributed by atoms with Crippen molar-refractivity contribution in [3.8, 4) is 0 Å². The Bertz CT molecular complexity index is 422. The average molecular weight is 282 g/mol. The first-order chi connectivity index (χ1) is 9.11. The SMILES string of the molecule is CNCc1ccc(Cl)cc1N(C)CC1CCCN1C. The van der Waals surface area contributed by atoms with Gasteiger partial charge in [0.25, 0.3) is 0 Å². The van der Waals surface area contributed by atoms with Gasteiger partial charge in [-0.05, 0) is 51.2 Å². The fraction of sp³-hybridized carbons (Fsp3) is 0.600. The Hall–Kier alpha value is -0.770. The number of rotatable bonds is 5. The molecule has 4 heteroatoms. The third-order valence-corrected chi connectivity index (χ3v) is 4.22. The maximum Gasteiger partial charge on any atom is 0.0426 e. The van der Waals surface area contributed by atoms with Crippen molar-refractivity contribution >= 4 is 17.3 Å². The first-order valence-corrected chi connectivity index (χ1v) is 7.34. The molecule has 106 valence electrons. The molecule has 1 heterocycles. The number of nitrogens with one attached hydrogen (secondary N) is 1. The molecule has 1 aromatic rings. The van der Waals surface area contributed by atoms with Gasteiger partial charge >= 0.3 is 0 Å². The highest BCUT2D eigenvalue weighted by atomic mass is 35.5. The molecule has 3 nitrogen and oxygen atoms in total. The lowest BCUT2D eigenvalue weighted by Crippen LogP contribution is -2.37. The van der Waals surface area contributed by atoms with Crippen molar-refractivity contribution in [1.82, 2.24) is 10.2 Å². The van der Waals surface area contributed by atoms with Crippen LogP contribution in [0.4, 0.5) is 5.69 Å². The van der Waals surface area contributed by atoms with Gasteiger partial charge in [0.1, 0.15) is 0 Å². The van der Waals surface area contributed by atoms with Crippen LogP contribution in [0, 0.1) is 0 Å². The minimum atomic E-state index is 0.659. The third kappa shape index (κ3) is 3.62. The molecule has 0 amide bonds. The number of hydrogen-bond acceptors (Lipinski definition) is 3. The number of anilines is 1. The summed E-state index contributed by atoms with van der Waals surface area (Å²) in [5.74, 6) is 0. The van der Waals surface area contributed by atoms with Gasteiger partial charge in [0, 0.05) is 36.9 Å². The molecule has 0 aliphatic carbocycles. The molecule has 1 aromatic carbocycles. The molecule has 0 spiro atoms. The third-order valence-electron chi connectivity index (χ3n) is 3.98. The van der Waals surface area contributed by atoms with E-state index in [2.05, 4.69) is 41.3 Å². The van der Waals surface area contributed by atoms with Crippen LogP contribution in [0.15, 0.2) is 18.2 Å². The topological polar surface area (TPSA) is 18.5 Å². The largest absolute Gasteiger partial charge is 0.373 e. The van der Waals surface area contributed by atoms with E-state index < -0.39 is 0 Å². The number of halogens is 1. The lowest BCUT2D eigenvalue weighted by Gasteiger charge is -2.29. The van der Waals surface area contributed by atoms with Gasteiger partial charge in [-0.15, -0.1) is 0 Å². The van der Waals surface area contributed by atoms with Crippen LogP contribution in [-0.4, -0.2) is 45.2 Å². The van der Waals surface area contributed by atoms with Crippen LogP contribution >= 0.6 is 11.6 Å². The van der Waals surface area contributed by atoms with Crippen LogP contribution in [0.1, 0.15) is 18.4 Å². The standard InChI is InChI=1S/C15H24ClN3/c1-17-10-12-6-7-13(16)9-15(12)19(3)11-14-5-4-8-18(14)2/h6-7,9,14,17H,4-5,8,10-11H2,1-3H3. The molecule has 1 N–H and O–H groups in total. The molecule has 1 unspecified atom stereocenters. The zero-order valence-electron chi connectivity index (χ0n) is 12.1. The summed E-state index contributed by atoms with van der Waals surface area (Å²) in [6.07, 6.45) is 2.61.